The zero-order valence-corrected chi connectivity index (χ0v) is 15.7. The van der Waals surface area contributed by atoms with Gasteiger partial charge in [-0.3, -0.25) is 4.79 Å². The Morgan fingerprint density at radius 3 is 2.81 bits per heavy atom. The molecule has 1 saturated heterocycles. The molecule has 1 aliphatic heterocycles. The van der Waals surface area contributed by atoms with E-state index in [4.69, 9.17) is 11.6 Å². The van der Waals surface area contributed by atoms with E-state index in [1.54, 1.807) is 23.9 Å². The van der Waals surface area contributed by atoms with Crippen LogP contribution in [-0.2, 0) is 4.79 Å². The molecule has 1 unspecified atom stereocenters. The van der Waals surface area contributed by atoms with Gasteiger partial charge in [-0.15, -0.1) is 0 Å². The number of halogens is 1. The lowest BCUT2D eigenvalue weighted by Crippen LogP contribution is -2.56. The normalized spacial score (nSPS) is 17.3. The molecule has 3 rings (SSSR count). The topological polar surface area (TPSA) is 79.3 Å². The molecular weight excluding hydrogens is 354 g/mol. The van der Waals surface area contributed by atoms with Gasteiger partial charge in [-0.05, 0) is 25.0 Å². The van der Waals surface area contributed by atoms with Gasteiger partial charge in [0.1, 0.15) is 6.04 Å². The van der Waals surface area contributed by atoms with Gasteiger partial charge in [-0.2, -0.15) is 5.10 Å². The molecule has 7 nitrogen and oxygen atoms in total. The summed E-state index contributed by atoms with van der Waals surface area (Å²) in [5.41, 5.74) is 2.22. The van der Waals surface area contributed by atoms with Crippen LogP contribution in [0.4, 0.5) is 10.5 Å². The minimum atomic E-state index is -0.509. The van der Waals surface area contributed by atoms with Crippen molar-refractivity contribution in [2.45, 2.75) is 32.7 Å². The lowest BCUT2D eigenvalue weighted by atomic mass is 10.1. The van der Waals surface area contributed by atoms with Crippen molar-refractivity contribution in [3.8, 4) is 5.69 Å². The number of urea groups is 1. The van der Waals surface area contributed by atoms with Crippen LogP contribution in [-0.4, -0.2) is 45.8 Å². The number of nitrogens with one attached hydrogen (secondary N) is 2. The van der Waals surface area contributed by atoms with Crippen LogP contribution < -0.4 is 10.6 Å². The predicted octanol–water partition coefficient (Wildman–Crippen LogP) is 3.00. The highest BCUT2D eigenvalue weighted by atomic mass is 35.5. The van der Waals surface area contributed by atoms with Crippen LogP contribution in [0.5, 0.6) is 0 Å². The number of para-hydroxylation sites is 1. The Bertz CT molecular complexity index is 833. The number of aromatic nitrogens is 2. The van der Waals surface area contributed by atoms with Crippen LogP contribution in [0, 0.1) is 0 Å². The van der Waals surface area contributed by atoms with E-state index < -0.39 is 6.04 Å². The quantitative estimate of drug-likeness (QED) is 0.865. The summed E-state index contributed by atoms with van der Waals surface area (Å²) in [5.74, 6) is -0.0478. The van der Waals surface area contributed by atoms with E-state index in [9.17, 15) is 9.59 Å². The summed E-state index contributed by atoms with van der Waals surface area (Å²) >= 11 is 6.31. The largest absolute Gasteiger partial charge is 0.353 e. The number of nitrogens with zero attached hydrogens (tertiary/aromatic N) is 3. The first-order chi connectivity index (χ1) is 12.4. The van der Waals surface area contributed by atoms with Crippen LogP contribution in [0.3, 0.4) is 0 Å². The molecule has 0 radical (unpaired) electrons. The molecule has 8 heteroatoms. The first-order valence-corrected chi connectivity index (χ1v) is 8.96. The van der Waals surface area contributed by atoms with Crippen molar-refractivity contribution >= 4 is 29.2 Å². The lowest BCUT2D eigenvalue weighted by molar-refractivity contribution is -0.126. The van der Waals surface area contributed by atoms with Gasteiger partial charge in [0.2, 0.25) is 5.91 Å². The lowest BCUT2D eigenvalue weighted by Gasteiger charge is -2.32. The van der Waals surface area contributed by atoms with Gasteiger partial charge in [0.15, 0.2) is 0 Å². The molecule has 0 bridgehead atoms. The summed E-state index contributed by atoms with van der Waals surface area (Å²) in [6, 6.07) is 6.60. The van der Waals surface area contributed by atoms with Crippen LogP contribution in [0.1, 0.15) is 32.4 Å². The highest BCUT2D eigenvalue weighted by molar-refractivity contribution is 6.32. The average molecular weight is 376 g/mol. The molecule has 26 heavy (non-hydrogen) atoms. The van der Waals surface area contributed by atoms with Gasteiger partial charge in [0.05, 0.1) is 28.3 Å². The van der Waals surface area contributed by atoms with E-state index in [-0.39, 0.29) is 17.9 Å². The zero-order chi connectivity index (χ0) is 18.8. The molecule has 1 aliphatic rings. The number of piperazine rings is 1. The van der Waals surface area contributed by atoms with Crippen molar-refractivity contribution in [2.24, 2.45) is 0 Å². The van der Waals surface area contributed by atoms with E-state index in [0.29, 0.717) is 23.8 Å². The third kappa shape index (κ3) is 3.39. The smallest absolute Gasteiger partial charge is 0.322 e. The Kier molecular flexibility index (Phi) is 5.18. The molecule has 1 fully saturated rings. The van der Waals surface area contributed by atoms with Crippen LogP contribution in [0.15, 0.2) is 30.5 Å². The molecule has 1 aromatic carbocycles. The Morgan fingerprint density at radius 1 is 1.38 bits per heavy atom. The average Bonchev–Trinajstić information content (AvgIpc) is 3.01. The maximum atomic E-state index is 12.7. The summed E-state index contributed by atoms with van der Waals surface area (Å²) in [7, 11) is 0. The Hall–Kier alpha value is -2.54. The van der Waals surface area contributed by atoms with E-state index in [0.717, 1.165) is 11.4 Å². The number of rotatable bonds is 3. The summed E-state index contributed by atoms with van der Waals surface area (Å²) in [4.78, 5) is 26.0. The number of carbonyl (C=O) groups is 2. The Balaban J connectivity index is 1.90. The van der Waals surface area contributed by atoms with Crippen molar-refractivity contribution in [3.63, 3.8) is 0 Å². The maximum Gasteiger partial charge on any atom is 0.322 e. The van der Waals surface area contributed by atoms with Gasteiger partial charge in [-0.25, -0.2) is 9.48 Å². The Labute approximate surface area is 157 Å². The first-order valence-electron chi connectivity index (χ1n) is 8.58. The Morgan fingerprint density at radius 2 is 2.12 bits per heavy atom. The van der Waals surface area contributed by atoms with Crippen molar-refractivity contribution in [3.05, 3.63) is 41.2 Å². The number of hydrogen-bond donors (Lipinski definition) is 2. The molecule has 0 saturated carbocycles. The molecular formula is C18H22ClN5O2. The summed E-state index contributed by atoms with van der Waals surface area (Å²) in [6.45, 7) is 6.68. The SMILES string of the molecule is CC(C)c1c(NC(=O)N2CCNC(=O)C2C)cnn1-c1ccccc1Cl. The summed E-state index contributed by atoms with van der Waals surface area (Å²) in [5, 5.41) is 10.7. The van der Waals surface area contributed by atoms with Gasteiger partial charge in [0.25, 0.3) is 0 Å². The van der Waals surface area contributed by atoms with Gasteiger partial charge in [0, 0.05) is 13.1 Å². The number of carbonyl (C=O) groups excluding carboxylic acids is 2. The monoisotopic (exact) mass is 375 g/mol. The molecule has 2 N–H and O–H groups in total. The highest BCUT2D eigenvalue weighted by Crippen LogP contribution is 2.30. The summed E-state index contributed by atoms with van der Waals surface area (Å²) in [6.07, 6.45) is 1.62. The second-order valence-electron chi connectivity index (χ2n) is 6.55. The van der Waals surface area contributed by atoms with Gasteiger partial charge in [-0.1, -0.05) is 37.6 Å². The standard InChI is InChI=1S/C18H22ClN5O2/c1-11(2)16-14(10-21-24(16)15-7-5-4-6-13(15)19)22-18(26)23-9-8-20-17(25)12(23)3/h4-7,10-12H,8-9H2,1-3H3,(H,20,25)(H,22,26). The first kappa shape index (κ1) is 18.3. The van der Waals surface area contributed by atoms with Gasteiger partial charge >= 0.3 is 6.03 Å². The minimum absolute atomic E-state index is 0.103. The van der Waals surface area contributed by atoms with Gasteiger partial charge < -0.3 is 15.5 Å². The van der Waals surface area contributed by atoms with E-state index >= 15 is 0 Å². The zero-order valence-electron chi connectivity index (χ0n) is 15.0. The van der Waals surface area contributed by atoms with E-state index in [2.05, 4.69) is 15.7 Å². The molecule has 3 amide bonds. The predicted molar refractivity (Wildman–Crippen MR) is 101 cm³/mol. The minimum Gasteiger partial charge on any atom is -0.353 e. The number of benzene rings is 1. The molecule has 0 aliphatic carbocycles. The fraction of sp³-hybridized carbons (Fsp3) is 0.389. The molecule has 0 spiro atoms. The van der Waals surface area contributed by atoms with Crippen LogP contribution in [0.25, 0.3) is 5.69 Å². The maximum absolute atomic E-state index is 12.7. The summed E-state index contributed by atoms with van der Waals surface area (Å²) < 4.78 is 1.74. The van der Waals surface area contributed by atoms with Crippen molar-refractivity contribution in [2.75, 3.05) is 18.4 Å². The molecule has 1 atom stereocenters. The van der Waals surface area contributed by atoms with Crippen molar-refractivity contribution in [1.29, 1.82) is 0 Å². The molecule has 1 aromatic heterocycles. The third-order valence-electron chi connectivity index (χ3n) is 4.44. The van der Waals surface area contributed by atoms with E-state index in [1.807, 2.05) is 32.0 Å². The molecule has 2 heterocycles. The van der Waals surface area contributed by atoms with E-state index in [1.165, 1.54) is 4.90 Å². The number of anilines is 1. The van der Waals surface area contributed by atoms with Crippen LogP contribution >= 0.6 is 11.6 Å². The molecule has 138 valence electrons. The highest BCUT2D eigenvalue weighted by Gasteiger charge is 2.30. The number of amides is 3. The third-order valence-corrected chi connectivity index (χ3v) is 4.75. The van der Waals surface area contributed by atoms with Crippen molar-refractivity contribution < 1.29 is 9.59 Å². The molecule has 2 aromatic rings. The fourth-order valence-electron chi connectivity index (χ4n) is 3.07. The second kappa shape index (κ2) is 7.37. The van der Waals surface area contributed by atoms with Crippen LogP contribution in [0.2, 0.25) is 5.02 Å². The number of hydrogen-bond acceptors (Lipinski definition) is 3. The second-order valence-corrected chi connectivity index (χ2v) is 6.96. The fourth-order valence-corrected chi connectivity index (χ4v) is 3.29. The van der Waals surface area contributed by atoms with Crippen molar-refractivity contribution in [1.82, 2.24) is 20.0 Å².